The second-order valence-electron chi connectivity index (χ2n) is 5.00. The molecule has 4 nitrogen and oxygen atoms in total. The summed E-state index contributed by atoms with van der Waals surface area (Å²) >= 11 is 0. The van der Waals surface area contributed by atoms with Crippen LogP contribution in [0.25, 0.3) is 0 Å². The topological polar surface area (TPSA) is 58.6 Å². The Balaban J connectivity index is 2.09. The molecule has 0 saturated carbocycles. The van der Waals surface area contributed by atoms with Crippen LogP contribution in [0.4, 0.5) is 0 Å². The Bertz CT molecular complexity index is 427. The number of hydrogen-bond acceptors (Lipinski definition) is 3. The fraction of sp³-hybridized carbons (Fsp3) is 0.533. The molecule has 19 heavy (non-hydrogen) atoms. The van der Waals surface area contributed by atoms with Crippen LogP contribution in [0.5, 0.6) is 5.75 Å². The highest BCUT2D eigenvalue weighted by Crippen LogP contribution is 2.25. The van der Waals surface area contributed by atoms with Crippen LogP contribution in [0.1, 0.15) is 25.3 Å². The summed E-state index contributed by atoms with van der Waals surface area (Å²) in [5, 5.41) is 12.3. The molecule has 0 spiro atoms. The zero-order chi connectivity index (χ0) is 13.7. The molecule has 0 bridgehead atoms. The van der Waals surface area contributed by atoms with E-state index in [4.69, 9.17) is 9.84 Å². The fourth-order valence-corrected chi connectivity index (χ4v) is 2.60. The molecule has 1 fully saturated rings. The van der Waals surface area contributed by atoms with E-state index in [0.717, 1.165) is 31.5 Å². The van der Waals surface area contributed by atoms with Gasteiger partial charge >= 0.3 is 5.97 Å². The Morgan fingerprint density at radius 1 is 1.53 bits per heavy atom. The van der Waals surface area contributed by atoms with Crippen molar-refractivity contribution in [1.29, 1.82) is 0 Å². The maximum absolute atomic E-state index is 10.9. The van der Waals surface area contributed by atoms with Gasteiger partial charge in [-0.25, -0.2) is 0 Å². The molecule has 1 heterocycles. The van der Waals surface area contributed by atoms with Crippen LogP contribution in [0.2, 0.25) is 0 Å². The van der Waals surface area contributed by atoms with Gasteiger partial charge in [-0.05, 0) is 25.5 Å². The number of nitrogens with one attached hydrogen (secondary N) is 1. The zero-order valence-corrected chi connectivity index (χ0v) is 11.3. The van der Waals surface area contributed by atoms with Crippen molar-refractivity contribution in [2.75, 3.05) is 13.1 Å². The minimum Gasteiger partial charge on any atom is -0.490 e. The molecule has 0 aromatic heterocycles. The predicted octanol–water partition coefficient (Wildman–Crippen LogP) is 2.08. The van der Waals surface area contributed by atoms with Crippen molar-refractivity contribution < 1.29 is 14.6 Å². The second-order valence-corrected chi connectivity index (χ2v) is 5.00. The standard InChI is InChI=1S/C15H21NO3/c1-2-13(12-7-8-16-10-12)19-14-6-4-3-5-11(14)9-15(17)18/h3-6,12-13,16H,2,7-10H2,1H3,(H,17,18). The summed E-state index contributed by atoms with van der Waals surface area (Å²) in [4.78, 5) is 10.9. The molecule has 1 aliphatic rings. The van der Waals surface area contributed by atoms with Gasteiger partial charge in [0.15, 0.2) is 0 Å². The van der Waals surface area contributed by atoms with Crippen LogP contribution < -0.4 is 10.1 Å². The number of ether oxygens (including phenoxy) is 1. The largest absolute Gasteiger partial charge is 0.490 e. The Morgan fingerprint density at radius 2 is 2.32 bits per heavy atom. The smallest absolute Gasteiger partial charge is 0.307 e. The van der Waals surface area contributed by atoms with Crippen LogP contribution in [0.15, 0.2) is 24.3 Å². The lowest BCUT2D eigenvalue weighted by molar-refractivity contribution is -0.136. The molecule has 2 N–H and O–H groups in total. The fourth-order valence-electron chi connectivity index (χ4n) is 2.60. The number of benzene rings is 1. The van der Waals surface area contributed by atoms with E-state index >= 15 is 0 Å². The van der Waals surface area contributed by atoms with Gasteiger partial charge in [-0.1, -0.05) is 25.1 Å². The lowest BCUT2D eigenvalue weighted by atomic mass is 9.99. The molecule has 1 aromatic carbocycles. The maximum Gasteiger partial charge on any atom is 0.307 e. The van der Waals surface area contributed by atoms with Crippen LogP contribution in [0, 0.1) is 5.92 Å². The van der Waals surface area contributed by atoms with Gasteiger partial charge in [0.25, 0.3) is 0 Å². The first-order valence-electron chi connectivity index (χ1n) is 6.87. The third kappa shape index (κ3) is 3.70. The Labute approximate surface area is 113 Å². The molecule has 2 atom stereocenters. The number of carboxylic acid groups (broad SMARTS) is 1. The summed E-state index contributed by atoms with van der Waals surface area (Å²) in [6.45, 7) is 4.14. The van der Waals surface area contributed by atoms with Crippen molar-refractivity contribution in [2.45, 2.75) is 32.3 Å². The molecule has 4 heteroatoms. The maximum atomic E-state index is 10.9. The molecular formula is C15H21NO3. The summed E-state index contributed by atoms with van der Waals surface area (Å²) in [7, 11) is 0. The first-order valence-corrected chi connectivity index (χ1v) is 6.87. The highest BCUT2D eigenvalue weighted by Gasteiger charge is 2.25. The van der Waals surface area contributed by atoms with Crippen molar-refractivity contribution in [1.82, 2.24) is 5.32 Å². The molecular weight excluding hydrogens is 242 g/mol. The number of para-hydroxylation sites is 1. The van der Waals surface area contributed by atoms with Gasteiger partial charge in [-0.2, -0.15) is 0 Å². The van der Waals surface area contributed by atoms with E-state index in [1.165, 1.54) is 0 Å². The lowest BCUT2D eigenvalue weighted by Gasteiger charge is -2.24. The van der Waals surface area contributed by atoms with Crippen molar-refractivity contribution in [3.05, 3.63) is 29.8 Å². The van der Waals surface area contributed by atoms with Gasteiger partial charge in [-0.15, -0.1) is 0 Å². The van der Waals surface area contributed by atoms with Gasteiger partial charge < -0.3 is 15.2 Å². The number of carbonyl (C=O) groups is 1. The highest BCUT2D eigenvalue weighted by molar-refractivity contribution is 5.71. The summed E-state index contributed by atoms with van der Waals surface area (Å²) in [5.74, 6) is 0.401. The molecule has 1 aromatic rings. The van der Waals surface area contributed by atoms with E-state index in [-0.39, 0.29) is 12.5 Å². The first kappa shape index (κ1) is 13.9. The van der Waals surface area contributed by atoms with E-state index in [1.807, 2.05) is 24.3 Å². The van der Waals surface area contributed by atoms with Crippen molar-refractivity contribution in [3.8, 4) is 5.75 Å². The molecule has 0 aliphatic carbocycles. The molecule has 0 amide bonds. The number of hydrogen-bond donors (Lipinski definition) is 2. The van der Waals surface area contributed by atoms with Crippen molar-refractivity contribution in [2.24, 2.45) is 5.92 Å². The molecule has 2 unspecified atom stereocenters. The second kappa shape index (κ2) is 6.57. The molecule has 2 rings (SSSR count). The van der Waals surface area contributed by atoms with Gasteiger partial charge in [-0.3, -0.25) is 4.79 Å². The van der Waals surface area contributed by atoms with Gasteiger partial charge in [0.2, 0.25) is 0 Å². The Kier molecular flexibility index (Phi) is 4.80. The Morgan fingerprint density at radius 3 is 2.95 bits per heavy atom. The van der Waals surface area contributed by atoms with Crippen LogP contribution in [0.3, 0.4) is 0 Å². The monoisotopic (exact) mass is 263 g/mol. The van der Waals surface area contributed by atoms with E-state index in [1.54, 1.807) is 0 Å². The van der Waals surface area contributed by atoms with Crippen molar-refractivity contribution in [3.63, 3.8) is 0 Å². The molecule has 104 valence electrons. The zero-order valence-electron chi connectivity index (χ0n) is 11.3. The quantitative estimate of drug-likeness (QED) is 0.825. The van der Waals surface area contributed by atoms with E-state index in [9.17, 15) is 4.79 Å². The lowest BCUT2D eigenvalue weighted by Crippen LogP contribution is -2.28. The van der Waals surface area contributed by atoms with E-state index in [0.29, 0.717) is 11.7 Å². The minimum absolute atomic E-state index is 0.00945. The average Bonchev–Trinajstić information content (AvgIpc) is 2.91. The normalized spacial score (nSPS) is 20.2. The van der Waals surface area contributed by atoms with E-state index in [2.05, 4.69) is 12.2 Å². The van der Waals surface area contributed by atoms with Gasteiger partial charge in [0.1, 0.15) is 11.9 Å². The summed E-state index contributed by atoms with van der Waals surface area (Å²) in [5.41, 5.74) is 0.749. The SMILES string of the molecule is CCC(Oc1ccccc1CC(=O)O)C1CCNC1. The number of carboxylic acids is 1. The molecule has 1 saturated heterocycles. The predicted molar refractivity (Wildman–Crippen MR) is 73.5 cm³/mol. The number of rotatable bonds is 6. The highest BCUT2D eigenvalue weighted by atomic mass is 16.5. The summed E-state index contributed by atoms with van der Waals surface area (Å²) < 4.78 is 6.08. The summed E-state index contributed by atoms with van der Waals surface area (Å²) in [6, 6.07) is 7.43. The molecule has 1 aliphatic heterocycles. The third-order valence-electron chi connectivity index (χ3n) is 3.62. The van der Waals surface area contributed by atoms with Gasteiger partial charge in [0.05, 0.1) is 6.42 Å². The minimum atomic E-state index is -0.827. The molecule has 0 radical (unpaired) electrons. The summed E-state index contributed by atoms with van der Waals surface area (Å²) in [6.07, 6.45) is 2.23. The van der Waals surface area contributed by atoms with Crippen LogP contribution in [-0.2, 0) is 11.2 Å². The Hall–Kier alpha value is -1.55. The van der Waals surface area contributed by atoms with Crippen LogP contribution in [-0.4, -0.2) is 30.3 Å². The van der Waals surface area contributed by atoms with Gasteiger partial charge in [0, 0.05) is 18.0 Å². The first-order chi connectivity index (χ1) is 9.20. The average molecular weight is 263 g/mol. The van der Waals surface area contributed by atoms with E-state index < -0.39 is 5.97 Å². The van der Waals surface area contributed by atoms with Crippen LogP contribution >= 0.6 is 0 Å². The number of aliphatic carboxylic acids is 1. The van der Waals surface area contributed by atoms with Crippen molar-refractivity contribution >= 4 is 5.97 Å². The third-order valence-corrected chi connectivity index (χ3v) is 3.62.